The van der Waals surface area contributed by atoms with Crippen molar-refractivity contribution in [2.75, 3.05) is 6.61 Å². The van der Waals surface area contributed by atoms with E-state index < -0.39 is 18.4 Å². The van der Waals surface area contributed by atoms with Gasteiger partial charge in [0.25, 0.3) is 0 Å². The molecule has 0 radical (unpaired) electrons. The molecule has 0 amide bonds. The van der Waals surface area contributed by atoms with Crippen LogP contribution in [0.1, 0.15) is 19.4 Å². The van der Waals surface area contributed by atoms with Gasteiger partial charge in [-0.05, 0) is 11.6 Å². The standard InChI is InChI=1S/C14H16O5/c1-11(15)18-12(2)19-14(16)17-10-6-9-13-7-4-3-5-8-13/h3-9,12H,10H2,1-2H3/b9-6+. The van der Waals surface area contributed by atoms with Gasteiger partial charge in [-0.3, -0.25) is 4.79 Å². The normalized spacial score (nSPS) is 11.9. The Balaban J connectivity index is 2.24. The van der Waals surface area contributed by atoms with Crippen molar-refractivity contribution in [2.24, 2.45) is 0 Å². The fraction of sp³-hybridized carbons (Fsp3) is 0.286. The van der Waals surface area contributed by atoms with Crippen LogP contribution in [-0.4, -0.2) is 25.0 Å². The SMILES string of the molecule is CC(=O)OC(C)OC(=O)OC/C=C/c1ccccc1. The van der Waals surface area contributed by atoms with Crippen molar-refractivity contribution in [1.82, 2.24) is 0 Å². The van der Waals surface area contributed by atoms with Crippen molar-refractivity contribution in [2.45, 2.75) is 20.1 Å². The molecule has 0 aliphatic rings. The largest absolute Gasteiger partial charge is 0.511 e. The monoisotopic (exact) mass is 264 g/mol. The number of rotatable bonds is 5. The Hall–Kier alpha value is -2.30. The molecule has 0 N–H and O–H groups in total. The first-order chi connectivity index (χ1) is 9.08. The topological polar surface area (TPSA) is 61.8 Å². The highest BCUT2D eigenvalue weighted by atomic mass is 16.8. The second kappa shape index (κ2) is 7.92. The van der Waals surface area contributed by atoms with Crippen molar-refractivity contribution >= 4 is 18.2 Å². The summed E-state index contributed by atoms with van der Waals surface area (Å²) < 4.78 is 14.1. The minimum Gasteiger partial charge on any atom is -0.430 e. The number of hydrogen-bond acceptors (Lipinski definition) is 5. The third-order valence-corrected chi connectivity index (χ3v) is 2.00. The molecule has 0 aliphatic heterocycles. The molecule has 1 atom stereocenters. The van der Waals surface area contributed by atoms with Crippen LogP contribution in [0.4, 0.5) is 4.79 Å². The molecule has 5 nitrogen and oxygen atoms in total. The van der Waals surface area contributed by atoms with Crippen LogP contribution in [-0.2, 0) is 19.0 Å². The minimum absolute atomic E-state index is 0.0838. The van der Waals surface area contributed by atoms with E-state index in [1.54, 1.807) is 6.08 Å². The van der Waals surface area contributed by atoms with E-state index in [9.17, 15) is 9.59 Å². The molecule has 0 spiro atoms. The number of hydrogen-bond donors (Lipinski definition) is 0. The summed E-state index contributed by atoms with van der Waals surface area (Å²) in [6, 6.07) is 9.60. The van der Waals surface area contributed by atoms with E-state index in [0.29, 0.717) is 0 Å². The predicted octanol–water partition coefficient (Wildman–Crippen LogP) is 2.76. The van der Waals surface area contributed by atoms with Gasteiger partial charge in [0.1, 0.15) is 6.61 Å². The van der Waals surface area contributed by atoms with Crippen LogP contribution in [0.2, 0.25) is 0 Å². The number of ether oxygens (including phenoxy) is 3. The Morgan fingerprint density at radius 2 is 1.89 bits per heavy atom. The zero-order valence-electron chi connectivity index (χ0n) is 10.9. The molecule has 102 valence electrons. The molecule has 0 saturated carbocycles. The Morgan fingerprint density at radius 3 is 2.53 bits per heavy atom. The first-order valence-corrected chi connectivity index (χ1v) is 5.80. The van der Waals surface area contributed by atoms with E-state index in [-0.39, 0.29) is 6.61 Å². The Labute approximate surface area is 111 Å². The van der Waals surface area contributed by atoms with Gasteiger partial charge in [0.15, 0.2) is 0 Å². The fourth-order valence-corrected chi connectivity index (χ4v) is 1.29. The van der Waals surface area contributed by atoms with Crippen molar-refractivity contribution < 1.29 is 23.8 Å². The molecule has 5 heteroatoms. The molecule has 1 aromatic carbocycles. The zero-order valence-corrected chi connectivity index (χ0v) is 10.9. The van der Waals surface area contributed by atoms with E-state index in [2.05, 4.69) is 9.47 Å². The Kier molecular flexibility index (Phi) is 6.15. The molecule has 0 fully saturated rings. The quantitative estimate of drug-likeness (QED) is 0.604. The summed E-state index contributed by atoms with van der Waals surface area (Å²) >= 11 is 0. The van der Waals surface area contributed by atoms with Crippen LogP contribution in [0.3, 0.4) is 0 Å². The highest BCUT2D eigenvalue weighted by Gasteiger charge is 2.11. The maximum absolute atomic E-state index is 11.2. The maximum Gasteiger partial charge on any atom is 0.511 e. The lowest BCUT2D eigenvalue weighted by atomic mass is 10.2. The zero-order chi connectivity index (χ0) is 14.1. The Bertz CT molecular complexity index is 438. The number of benzene rings is 1. The third kappa shape index (κ3) is 6.88. The van der Waals surface area contributed by atoms with E-state index in [1.165, 1.54) is 13.8 Å². The summed E-state index contributed by atoms with van der Waals surface area (Å²) in [6.07, 6.45) is 1.67. The van der Waals surface area contributed by atoms with Crippen LogP contribution in [0.5, 0.6) is 0 Å². The van der Waals surface area contributed by atoms with Gasteiger partial charge in [-0.2, -0.15) is 0 Å². The van der Waals surface area contributed by atoms with Gasteiger partial charge >= 0.3 is 12.1 Å². The van der Waals surface area contributed by atoms with Crippen LogP contribution in [0.25, 0.3) is 6.08 Å². The second-order valence-electron chi connectivity index (χ2n) is 3.67. The van der Waals surface area contributed by atoms with Crippen LogP contribution in [0, 0.1) is 0 Å². The van der Waals surface area contributed by atoms with Gasteiger partial charge in [0.2, 0.25) is 6.29 Å². The summed E-state index contributed by atoms with van der Waals surface area (Å²) in [5.74, 6) is -0.524. The van der Waals surface area contributed by atoms with Gasteiger partial charge in [0.05, 0.1) is 0 Å². The van der Waals surface area contributed by atoms with Gasteiger partial charge in [0, 0.05) is 13.8 Å². The lowest BCUT2D eigenvalue weighted by molar-refractivity contribution is -0.164. The molecular formula is C14H16O5. The third-order valence-electron chi connectivity index (χ3n) is 2.00. The summed E-state index contributed by atoms with van der Waals surface area (Å²) in [4.78, 5) is 21.8. The molecule has 0 heterocycles. The van der Waals surface area contributed by atoms with Crippen molar-refractivity contribution in [3.05, 3.63) is 42.0 Å². The van der Waals surface area contributed by atoms with E-state index >= 15 is 0 Å². The average Bonchev–Trinajstić information content (AvgIpc) is 2.35. The highest BCUT2D eigenvalue weighted by Crippen LogP contribution is 2.01. The van der Waals surface area contributed by atoms with E-state index in [4.69, 9.17) is 4.74 Å². The van der Waals surface area contributed by atoms with Crippen molar-refractivity contribution in [1.29, 1.82) is 0 Å². The summed E-state index contributed by atoms with van der Waals surface area (Å²) in [5, 5.41) is 0. The Morgan fingerprint density at radius 1 is 1.21 bits per heavy atom. The van der Waals surface area contributed by atoms with E-state index in [1.807, 2.05) is 36.4 Å². The summed E-state index contributed by atoms with van der Waals surface area (Å²) in [6.45, 7) is 2.75. The predicted molar refractivity (Wildman–Crippen MR) is 69.1 cm³/mol. The van der Waals surface area contributed by atoms with Gasteiger partial charge < -0.3 is 14.2 Å². The smallest absolute Gasteiger partial charge is 0.430 e. The minimum atomic E-state index is -0.955. The van der Waals surface area contributed by atoms with Gasteiger partial charge in [-0.25, -0.2) is 4.79 Å². The lowest BCUT2D eigenvalue weighted by Crippen LogP contribution is -2.21. The summed E-state index contributed by atoms with van der Waals surface area (Å²) in [7, 11) is 0. The molecule has 1 unspecified atom stereocenters. The molecule has 0 bridgehead atoms. The van der Waals surface area contributed by atoms with Crippen LogP contribution in [0.15, 0.2) is 36.4 Å². The molecular weight excluding hydrogens is 248 g/mol. The molecule has 0 saturated heterocycles. The number of carbonyl (C=O) groups excluding carboxylic acids is 2. The number of esters is 1. The summed E-state index contributed by atoms with van der Waals surface area (Å²) in [5.41, 5.74) is 1.01. The average molecular weight is 264 g/mol. The van der Waals surface area contributed by atoms with Gasteiger partial charge in [-0.1, -0.05) is 36.4 Å². The second-order valence-corrected chi connectivity index (χ2v) is 3.67. The van der Waals surface area contributed by atoms with E-state index in [0.717, 1.165) is 5.56 Å². The maximum atomic E-state index is 11.2. The van der Waals surface area contributed by atoms with Gasteiger partial charge in [-0.15, -0.1) is 0 Å². The molecule has 0 aromatic heterocycles. The molecule has 1 aromatic rings. The lowest BCUT2D eigenvalue weighted by Gasteiger charge is -2.11. The number of carbonyl (C=O) groups is 2. The first kappa shape index (κ1) is 14.8. The highest BCUT2D eigenvalue weighted by molar-refractivity contribution is 5.66. The first-order valence-electron chi connectivity index (χ1n) is 5.80. The van der Waals surface area contributed by atoms with Crippen molar-refractivity contribution in [3.63, 3.8) is 0 Å². The fourth-order valence-electron chi connectivity index (χ4n) is 1.29. The van der Waals surface area contributed by atoms with Crippen molar-refractivity contribution in [3.8, 4) is 0 Å². The molecule has 1 rings (SSSR count). The van der Waals surface area contributed by atoms with Crippen LogP contribution < -0.4 is 0 Å². The molecule has 0 aliphatic carbocycles. The molecule has 19 heavy (non-hydrogen) atoms. The van der Waals surface area contributed by atoms with Crippen LogP contribution >= 0.6 is 0 Å².